The summed E-state index contributed by atoms with van der Waals surface area (Å²) in [7, 11) is 8.30. The largest absolute Gasteiger partial charge is 0.263 e. The second-order valence-corrected chi connectivity index (χ2v) is 7.13. The molecule has 4 heteroatoms. The van der Waals surface area contributed by atoms with Gasteiger partial charge >= 0.3 is 0 Å². The fraction of sp³-hybridized carbons (Fsp3) is 1.00. The smallest absolute Gasteiger partial charge is 0.119 e. The predicted octanol–water partition coefficient (Wildman–Crippen LogP) is 2.46. The van der Waals surface area contributed by atoms with Crippen LogP contribution in [0.4, 0.5) is 0 Å². The fourth-order valence-corrected chi connectivity index (χ4v) is 4.15. The third-order valence-electron chi connectivity index (χ3n) is 1.98. The molecule has 0 saturated heterocycles. The zero-order valence-electron chi connectivity index (χ0n) is 10.9. The normalized spacial score (nSPS) is 13.3. The average Bonchev–Trinajstić information content (AvgIpc) is 1.96. The minimum atomic E-state index is -0.321. The van der Waals surface area contributed by atoms with Crippen LogP contribution in [0.15, 0.2) is 0 Å². The van der Waals surface area contributed by atoms with Gasteiger partial charge in [-0.1, -0.05) is 0 Å². The van der Waals surface area contributed by atoms with Crippen LogP contribution in [0.1, 0.15) is 27.7 Å². The first-order valence-corrected chi connectivity index (χ1v) is 6.41. The van der Waals surface area contributed by atoms with E-state index in [0.29, 0.717) is 12.1 Å². The van der Waals surface area contributed by atoms with E-state index in [4.69, 9.17) is 0 Å². The van der Waals surface area contributed by atoms with E-state index >= 15 is 0 Å². The third kappa shape index (κ3) is 3.82. The van der Waals surface area contributed by atoms with Crippen molar-refractivity contribution in [2.45, 2.75) is 39.8 Å². The van der Waals surface area contributed by atoms with Gasteiger partial charge in [0.2, 0.25) is 0 Å². The first kappa shape index (κ1) is 14.3. The molecule has 0 spiro atoms. The summed E-state index contributed by atoms with van der Waals surface area (Å²) < 4.78 is 7.19. The molecule has 3 nitrogen and oxygen atoms in total. The summed E-state index contributed by atoms with van der Waals surface area (Å²) >= 11 is 0. The van der Waals surface area contributed by atoms with E-state index in [0.717, 1.165) is 0 Å². The molecule has 0 unspecified atom stereocenters. The van der Waals surface area contributed by atoms with Crippen molar-refractivity contribution in [1.82, 2.24) is 14.0 Å². The van der Waals surface area contributed by atoms with Gasteiger partial charge in [-0.2, -0.15) is 0 Å². The Morgan fingerprint density at radius 1 is 0.714 bits per heavy atom. The van der Waals surface area contributed by atoms with Crippen LogP contribution >= 0.6 is 8.37 Å². The minimum Gasteiger partial charge on any atom is -0.263 e. The van der Waals surface area contributed by atoms with Crippen LogP contribution in [-0.2, 0) is 0 Å². The topological polar surface area (TPSA) is 9.72 Å². The highest BCUT2D eigenvalue weighted by atomic mass is 31.2. The Kier molecular flexibility index (Phi) is 6.15. The second-order valence-electron chi connectivity index (χ2n) is 4.53. The van der Waals surface area contributed by atoms with Crippen molar-refractivity contribution in [1.29, 1.82) is 0 Å². The second kappa shape index (κ2) is 6.02. The Balaban J connectivity index is 4.74. The van der Waals surface area contributed by atoms with E-state index in [1.165, 1.54) is 0 Å². The Morgan fingerprint density at radius 3 is 1.07 bits per heavy atom. The molecule has 0 amide bonds. The first-order valence-electron chi connectivity index (χ1n) is 5.21. The fourth-order valence-electron chi connectivity index (χ4n) is 1.78. The summed E-state index contributed by atoms with van der Waals surface area (Å²) in [6.07, 6.45) is 0. The molecule has 0 N–H and O–H groups in total. The summed E-state index contributed by atoms with van der Waals surface area (Å²) in [6, 6.07) is 1.18. The van der Waals surface area contributed by atoms with Gasteiger partial charge in [0.15, 0.2) is 0 Å². The molecule has 0 radical (unpaired) electrons. The molecule has 86 valence electrons. The molecule has 0 bridgehead atoms. The predicted molar refractivity (Wildman–Crippen MR) is 66.4 cm³/mol. The summed E-state index contributed by atoms with van der Waals surface area (Å²) in [5, 5.41) is 0. The van der Waals surface area contributed by atoms with E-state index in [9.17, 15) is 0 Å². The molecule has 0 aliphatic heterocycles. The van der Waals surface area contributed by atoms with Gasteiger partial charge in [0.05, 0.1) is 0 Å². The van der Waals surface area contributed by atoms with Crippen molar-refractivity contribution in [2.75, 3.05) is 28.2 Å². The van der Waals surface area contributed by atoms with Crippen molar-refractivity contribution < 1.29 is 0 Å². The van der Waals surface area contributed by atoms with Crippen LogP contribution in [-0.4, -0.2) is 54.3 Å². The first-order chi connectivity index (χ1) is 6.29. The standard InChI is InChI=1S/C10H26N3P/c1-9(2)13(10(3)4)14(11(5)6)12(7)8/h9-10H,1-8H3. The number of hydrogen-bond donors (Lipinski definition) is 0. The van der Waals surface area contributed by atoms with Gasteiger partial charge in [-0.25, -0.2) is 0 Å². The molecule has 0 aromatic heterocycles. The van der Waals surface area contributed by atoms with Crippen LogP contribution in [0.2, 0.25) is 0 Å². The van der Waals surface area contributed by atoms with E-state index in [1.54, 1.807) is 0 Å². The van der Waals surface area contributed by atoms with Gasteiger partial charge in [0.25, 0.3) is 0 Å². The van der Waals surface area contributed by atoms with Crippen LogP contribution in [0.3, 0.4) is 0 Å². The number of nitrogens with zero attached hydrogens (tertiary/aromatic N) is 3. The van der Waals surface area contributed by atoms with Crippen LogP contribution in [0, 0.1) is 0 Å². The van der Waals surface area contributed by atoms with Crippen LogP contribution < -0.4 is 0 Å². The monoisotopic (exact) mass is 219 g/mol. The maximum Gasteiger partial charge on any atom is 0.119 e. The molecule has 0 aliphatic carbocycles. The lowest BCUT2D eigenvalue weighted by Crippen LogP contribution is -2.39. The van der Waals surface area contributed by atoms with Gasteiger partial charge in [0, 0.05) is 12.1 Å². The molecule has 0 saturated carbocycles. The van der Waals surface area contributed by atoms with E-state index < -0.39 is 0 Å². The Bertz CT molecular complexity index is 123. The van der Waals surface area contributed by atoms with Crippen molar-refractivity contribution in [2.24, 2.45) is 0 Å². The van der Waals surface area contributed by atoms with Crippen molar-refractivity contribution in [3.8, 4) is 0 Å². The molecule has 0 rings (SSSR count). The highest BCUT2D eigenvalue weighted by Gasteiger charge is 2.27. The van der Waals surface area contributed by atoms with Crippen LogP contribution in [0.5, 0.6) is 0 Å². The summed E-state index contributed by atoms with van der Waals surface area (Å²) in [4.78, 5) is 0. The van der Waals surface area contributed by atoms with E-state index in [1.807, 2.05) is 0 Å². The van der Waals surface area contributed by atoms with Crippen molar-refractivity contribution in [3.63, 3.8) is 0 Å². The SMILES string of the molecule is CC(C)N(C(C)C)P(N(C)C)N(C)C. The molecular formula is C10H26N3P. The Hall–Kier alpha value is 0.310. The quantitative estimate of drug-likeness (QED) is 0.658. The molecular weight excluding hydrogens is 193 g/mol. The lowest BCUT2D eigenvalue weighted by molar-refractivity contribution is 0.288. The Labute approximate surface area is 91.0 Å². The summed E-state index contributed by atoms with van der Waals surface area (Å²) in [5.41, 5.74) is 0. The van der Waals surface area contributed by atoms with Gasteiger partial charge in [-0.3, -0.25) is 14.0 Å². The highest BCUT2D eigenvalue weighted by molar-refractivity contribution is 7.50. The molecule has 0 aliphatic rings. The van der Waals surface area contributed by atoms with Crippen molar-refractivity contribution >= 4 is 8.37 Å². The number of rotatable bonds is 5. The van der Waals surface area contributed by atoms with Gasteiger partial charge < -0.3 is 0 Å². The summed E-state index contributed by atoms with van der Waals surface area (Å²) in [5.74, 6) is 0. The molecule has 0 atom stereocenters. The Morgan fingerprint density at radius 2 is 1.00 bits per heavy atom. The maximum absolute atomic E-state index is 2.56. The molecule has 0 fully saturated rings. The molecule has 14 heavy (non-hydrogen) atoms. The van der Waals surface area contributed by atoms with Gasteiger partial charge in [-0.15, -0.1) is 0 Å². The lowest BCUT2D eigenvalue weighted by atomic mass is 10.3. The number of hydrogen-bond acceptors (Lipinski definition) is 3. The highest BCUT2D eigenvalue weighted by Crippen LogP contribution is 2.46. The average molecular weight is 219 g/mol. The van der Waals surface area contributed by atoms with E-state index in [-0.39, 0.29) is 8.37 Å². The van der Waals surface area contributed by atoms with Gasteiger partial charge in [-0.05, 0) is 55.9 Å². The van der Waals surface area contributed by atoms with Crippen molar-refractivity contribution in [3.05, 3.63) is 0 Å². The molecule has 0 heterocycles. The maximum atomic E-state index is 2.56. The third-order valence-corrected chi connectivity index (χ3v) is 4.75. The van der Waals surface area contributed by atoms with Crippen LogP contribution in [0.25, 0.3) is 0 Å². The van der Waals surface area contributed by atoms with Gasteiger partial charge in [0.1, 0.15) is 8.37 Å². The van der Waals surface area contributed by atoms with E-state index in [2.05, 4.69) is 69.9 Å². The minimum absolute atomic E-state index is 0.321. The molecule has 0 aromatic carbocycles. The zero-order chi connectivity index (χ0) is 11.5. The lowest BCUT2D eigenvalue weighted by Gasteiger charge is -2.43. The molecule has 0 aromatic rings. The summed E-state index contributed by atoms with van der Waals surface area (Å²) in [6.45, 7) is 9.06. The zero-order valence-corrected chi connectivity index (χ0v) is 11.8.